The smallest absolute Gasteiger partial charge is 0.309 e. The van der Waals surface area contributed by atoms with Gasteiger partial charge in [-0.15, -0.1) is 0 Å². The van der Waals surface area contributed by atoms with Gasteiger partial charge in [-0.3, -0.25) is 14.4 Å². The van der Waals surface area contributed by atoms with Gasteiger partial charge in [-0.05, 0) is 66.5 Å². The Labute approximate surface area is 337 Å². The van der Waals surface area contributed by atoms with E-state index in [1.807, 2.05) is 13.8 Å². The van der Waals surface area contributed by atoms with Gasteiger partial charge in [0.15, 0.2) is 18.7 Å². The van der Waals surface area contributed by atoms with Crippen LogP contribution in [-0.4, -0.2) is 151 Å². The lowest BCUT2D eigenvalue weighted by Crippen LogP contribution is -2.66. The molecule has 2 saturated heterocycles. The first kappa shape index (κ1) is 48.6. The highest BCUT2D eigenvalue weighted by Gasteiger charge is 2.53. The van der Waals surface area contributed by atoms with Crippen molar-refractivity contribution in [1.82, 2.24) is 4.90 Å². The van der Waals surface area contributed by atoms with E-state index in [1.165, 1.54) is 14.0 Å². The van der Waals surface area contributed by atoms with E-state index in [1.54, 1.807) is 71.0 Å². The quantitative estimate of drug-likeness (QED) is 0.147. The number of nitrogens with zero attached hydrogens (tertiary/aromatic N) is 1. The Balaban J connectivity index is 1.99. The van der Waals surface area contributed by atoms with Crippen LogP contribution in [0.5, 0.6) is 0 Å². The fourth-order valence-corrected chi connectivity index (χ4v) is 7.96. The molecule has 3 aliphatic heterocycles. The zero-order valence-corrected chi connectivity index (χ0v) is 35.2. The molecule has 16 unspecified atom stereocenters. The number of methoxy groups -OCH3 is 1. The normalized spacial score (nSPS) is 41.1. The number of rotatable bonds is 12. The van der Waals surface area contributed by atoms with E-state index in [9.17, 15) is 34.5 Å². The molecular formula is C41H67NO15. The van der Waals surface area contributed by atoms with Gasteiger partial charge >= 0.3 is 17.9 Å². The lowest BCUT2D eigenvalue weighted by molar-refractivity contribution is -0.344. The predicted molar refractivity (Wildman–Crippen MR) is 205 cm³/mol. The summed E-state index contributed by atoms with van der Waals surface area (Å²) in [6.45, 7) is 11.6. The van der Waals surface area contributed by atoms with Crippen molar-refractivity contribution < 1.29 is 72.4 Å². The van der Waals surface area contributed by atoms with Crippen LogP contribution >= 0.6 is 0 Å². The highest BCUT2D eigenvalue weighted by atomic mass is 16.7. The third kappa shape index (κ3) is 13.9. The highest BCUT2D eigenvalue weighted by molar-refractivity contribution is 5.72. The molecule has 0 saturated carbocycles. The summed E-state index contributed by atoms with van der Waals surface area (Å²) in [7, 11) is 4.85. The van der Waals surface area contributed by atoms with E-state index >= 15 is 0 Å². The Kier molecular flexibility index (Phi) is 19.2. The van der Waals surface area contributed by atoms with Crippen molar-refractivity contribution in [3.05, 3.63) is 24.3 Å². The number of esters is 3. The molecule has 0 aromatic carbocycles. The van der Waals surface area contributed by atoms with E-state index in [0.29, 0.717) is 19.1 Å². The number of ether oxygens (including phenoxy) is 8. The van der Waals surface area contributed by atoms with Gasteiger partial charge in [0.25, 0.3) is 0 Å². The molecule has 16 heteroatoms. The number of aliphatic hydroxyl groups is 3. The van der Waals surface area contributed by atoms with Crippen LogP contribution in [0.4, 0.5) is 0 Å². The Morgan fingerprint density at radius 3 is 2.32 bits per heavy atom. The predicted octanol–water partition coefficient (Wildman–Crippen LogP) is 2.77. The summed E-state index contributed by atoms with van der Waals surface area (Å²) in [5, 5.41) is 34.5. The van der Waals surface area contributed by atoms with Crippen LogP contribution < -0.4 is 0 Å². The summed E-state index contributed by atoms with van der Waals surface area (Å²) in [6, 6.07) is -0.779. The monoisotopic (exact) mass is 813 g/mol. The fourth-order valence-electron chi connectivity index (χ4n) is 7.96. The van der Waals surface area contributed by atoms with E-state index in [0.717, 1.165) is 0 Å². The number of cyclic esters (lactones) is 1. The maximum Gasteiger partial charge on any atom is 0.309 e. The van der Waals surface area contributed by atoms with Crippen LogP contribution in [-0.2, 0) is 57.1 Å². The van der Waals surface area contributed by atoms with Crippen LogP contribution in [0.1, 0.15) is 93.4 Å². The van der Waals surface area contributed by atoms with Gasteiger partial charge in [0.2, 0.25) is 0 Å². The van der Waals surface area contributed by atoms with Crippen molar-refractivity contribution in [3.63, 3.8) is 0 Å². The highest BCUT2D eigenvalue weighted by Crippen LogP contribution is 2.37. The topological polar surface area (TPSA) is 206 Å². The number of carbonyl (C=O) groups is 4. The molecule has 2 fully saturated rings. The third-order valence-electron chi connectivity index (χ3n) is 10.8. The molecule has 57 heavy (non-hydrogen) atoms. The summed E-state index contributed by atoms with van der Waals surface area (Å²) >= 11 is 0. The standard InChI is InChI=1S/C41H67NO15/c1-11-15-31(46)55-39-26(5)52-33(22-41(39,7)49)56-36-25(4)53-40(35(48)34(36)42(8)9)57-37-28(18-19-43)20-23(2)29(45)17-14-12-13-16-24(3)51-32(47)21-30(38(37)50-10)54-27(6)44/h12-14,17,19,23-26,28-30,33-40,45,48-49H,11,15-16,18,20-22H2,1-10H3/b13-12+,17-14-. The van der Waals surface area contributed by atoms with Crippen molar-refractivity contribution >= 4 is 24.2 Å². The lowest BCUT2D eigenvalue weighted by atomic mass is 9.82. The molecule has 326 valence electrons. The summed E-state index contributed by atoms with van der Waals surface area (Å²) in [5.74, 6) is -2.88. The molecule has 0 radical (unpaired) electrons. The van der Waals surface area contributed by atoms with Crippen LogP contribution in [0.2, 0.25) is 0 Å². The minimum absolute atomic E-state index is 0.0416. The van der Waals surface area contributed by atoms with Gasteiger partial charge in [0.05, 0.1) is 36.9 Å². The fraction of sp³-hybridized carbons (Fsp3) is 0.805. The van der Waals surface area contributed by atoms with Crippen LogP contribution in [0.3, 0.4) is 0 Å². The van der Waals surface area contributed by atoms with Crippen LogP contribution in [0.25, 0.3) is 0 Å². The third-order valence-corrected chi connectivity index (χ3v) is 10.8. The summed E-state index contributed by atoms with van der Waals surface area (Å²) in [4.78, 5) is 52.0. The Morgan fingerprint density at radius 2 is 1.72 bits per heavy atom. The van der Waals surface area contributed by atoms with Gasteiger partial charge < -0.3 is 62.9 Å². The summed E-state index contributed by atoms with van der Waals surface area (Å²) < 4.78 is 48.4. The second-order valence-corrected chi connectivity index (χ2v) is 16.1. The zero-order chi connectivity index (χ0) is 42.6. The molecule has 0 aromatic heterocycles. The van der Waals surface area contributed by atoms with Gasteiger partial charge in [-0.1, -0.05) is 38.2 Å². The van der Waals surface area contributed by atoms with Crippen molar-refractivity contribution in [2.75, 3.05) is 21.2 Å². The van der Waals surface area contributed by atoms with Crippen LogP contribution in [0, 0.1) is 11.8 Å². The van der Waals surface area contributed by atoms with Gasteiger partial charge in [0.1, 0.15) is 42.4 Å². The molecule has 16 atom stereocenters. The number of carbonyl (C=O) groups excluding carboxylic acids is 4. The number of allylic oxidation sites excluding steroid dienone is 2. The SMILES string of the molecule is CCCC(=O)OC1C(C)OC(OC2C(C)OC(OC3C(CC=O)CC(C)C(O)/C=C\C=C\CC(C)OC(=O)CC(OC(C)=O)C3OC)C(O)C2N(C)C)CC1(C)O. The van der Waals surface area contributed by atoms with Gasteiger partial charge in [0, 0.05) is 39.7 Å². The molecule has 0 bridgehead atoms. The van der Waals surface area contributed by atoms with Crippen LogP contribution in [0.15, 0.2) is 24.3 Å². The Bertz CT molecular complexity index is 1350. The zero-order valence-electron chi connectivity index (χ0n) is 35.2. The summed E-state index contributed by atoms with van der Waals surface area (Å²) in [6.07, 6.45) is -3.45. The first-order valence-corrected chi connectivity index (χ1v) is 20.1. The molecule has 0 aromatic rings. The minimum atomic E-state index is -1.49. The summed E-state index contributed by atoms with van der Waals surface area (Å²) in [5.41, 5.74) is -1.49. The second-order valence-electron chi connectivity index (χ2n) is 16.1. The first-order chi connectivity index (χ1) is 26.8. The van der Waals surface area contributed by atoms with E-state index in [2.05, 4.69) is 0 Å². The lowest BCUT2D eigenvalue weighted by Gasteiger charge is -2.50. The Hall–Kier alpha value is -2.80. The molecule has 3 heterocycles. The maximum atomic E-state index is 13.2. The Morgan fingerprint density at radius 1 is 1.02 bits per heavy atom. The largest absolute Gasteiger partial charge is 0.462 e. The number of aldehydes is 1. The van der Waals surface area contributed by atoms with Crippen molar-refractivity contribution in [3.8, 4) is 0 Å². The second kappa shape index (κ2) is 22.5. The van der Waals surface area contributed by atoms with Crippen molar-refractivity contribution in [2.45, 2.75) is 179 Å². The van der Waals surface area contributed by atoms with Gasteiger partial charge in [-0.2, -0.15) is 0 Å². The van der Waals surface area contributed by atoms with E-state index < -0.39 is 121 Å². The van der Waals surface area contributed by atoms with E-state index in [4.69, 9.17) is 37.9 Å². The number of hydrogen-bond donors (Lipinski definition) is 3. The average molecular weight is 814 g/mol. The molecule has 0 amide bonds. The first-order valence-electron chi connectivity index (χ1n) is 20.1. The molecule has 3 rings (SSSR count). The molecule has 0 spiro atoms. The molecule has 0 aliphatic carbocycles. The maximum absolute atomic E-state index is 13.2. The minimum Gasteiger partial charge on any atom is -0.462 e. The molecular weight excluding hydrogens is 746 g/mol. The van der Waals surface area contributed by atoms with Crippen molar-refractivity contribution in [2.24, 2.45) is 11.8 Å². The molecule has 3 aliphatic rings. The van der Waals surface area contributed by atoms with Gasteiger partial charge in [-0.25, -0.2) is 0 Å². The molecule has 16 nitrogen and oxygen atoms in total. The van der Waals surface area contributed by atoms with E-state index in [-0.39, 0.29) is 25.7 Å². The number of hydrogen-bond acceptors (Lipinski definition) is 16. The van der Waals surface area contributed by atoms with Crippen molar-refractivity contribution in [1.29, 1.82) is 0 Å². The number of aliphatic hydroxyl groups excluding tert-OH is 2. The molecule has 3 N–H and O–H groups in total. The number of likely N-dealkylation sites (N-methyl/N-ethyl adjacent to an activating group) is 1. The average Bonchev–Trinajstić information content (AvgIpc) is 3.10.